The maximum absolute atomic E-state index is 12.9. The summed E-state index contributed by atoms with van der Waals surface area (Å²) in [6.07, 6.45) is 3.11. The summed E-state index contributed by atoms with van der Waals surface area (Å²) in [6, 6.07) is 3.83. The van der Waals surface area contributed by atoms with Gasteiger partial charge in [0, 0.05) is 17.5 Å². The van der Waals surface area contributed by atoms with E-state index in [0.29, 0.717) is 10.8 Å². The number of sulfonamides is 1. The Morgan fingerprint density at radius 2 is 1.95 bits per heavy atom. The van der Waals surface area contributed by atoms with Crippen molar-refractivity contribution in [1.82, 2.24) is 4.31 Å². The summed E-state index contributed by atoms with van der Waals surface area (Å²) in [4.78, 5) is 1.05. The molecule has 5 heteroatoms. The van der Waals surface area contributed by atoms with E-state index in [2.05, 4.69) is 20.8 Å². The highest BCUT2D eigenvalue weighted by molar-refractivity contribution is 7.91. The van der Waals surface area contributed by atoms with Gasteiger partial charge in [0.1, 0.15) is 4.21 Å². The molecule has 112 valence electrons. The van der Waals surface area contributed by atoms with Gasteiger partial charge in [0.2, 0.25) is 0 Å². The zero-order valence-corrected chi connectivity index (χ0v) is 14.3. The first kappa shape index (κ1) is 14.5. The molecule has 2 heterocycles. The topological polar surface area (TPSA) is 37.4 Å². The molecule has 2 aliphatic rings. The minimum absolute atomic E-state index is 0.145. The second-order valence-corrected chi connectivity index (χ2v) is 11.0. The molecule has 2 bridgehead atoms. The monoisotopic (exact) mass is 313 g/mol. The molecule has 1 aromatic heterocycles. The predicted octanol–water partition coefficient (Wildman–Crippen LogP) is 3.65. The molecule has 20 heavy (non-hydrogen) atoms. The van der Waals surface area contributed by atoms with E-state index in [1.807, 2.05) is 13.0 Å². The Bertz CT molecular complexity index is 632. The van der Waals surface area contributed by atoms with Gasteiger partial charge in [-0.3, -0.25) is 0 Å². The number of hydrogen-bond acceptors (Lipinski definition) is 3. The van der Waals surface area contributed by atoms with Gasteiger partial charge in [0.25, 0.3) is 10.0 Å². The van der Waals surface area contributed by atoms with Gasteiger partial charge in [-0.2, -0.15) is 4.31 Å². The first-order valence-electron chi connectivity index (χ1n) is 7.20. The fourth-order valence-corrected chi connectivity index (χ4v) is 7.54. The Kier molecular flexibility index (Phi) is 3.13. The van der Waals surface area contributed by atoms with Crippen LogP contribution < -0.4 is 0 Å². The quantitative estimate of drug-likeness (QED) is 0.836. The number of rotatable bonds is 2. The molecule has 1 saturated carbocycles. The maximum atomic E-state index is 12.9. The summed E-state index contributed by atoms with van der Waals surface area (Å²) >= 11 is 1.38. The summed E-state index contributed by atoms with van der Waals surface area (Å²) in [7, 11) is -3.31. The standard InChI is InChI=1S/C15H23NO2S2/c1-11-5-6-13(19-11)20(17,18)16-10-15(4)8-12(16)7-14(2,3)9-15/h5-6,12H,7-10H2,1-4H3. The lowest BCUT2D eigenvalue weighted by molar-refractivity contribution is 0.133. The fourth-order valence-electron chi connectivity index (χ4n) is 4.36. The first-order valence-corrected chi connectivity index (χ1v) is 9.45. The van der Waals surface area contributed by atoms with E-state index in [1.54, 1.807) is 10.4 Å². The normalized spacial score (nSPS) is 33.5. The van der Waals surface area contributed by atoms with E-state index >= 15 is 0 Å². The average Bonchev–Trinajstić information content (AvgIpc) is 2.79. The van der Waals surface area contributed by atoms with Crippen LogP contribution in [0.5, 0.6) is 0 Å². The second-order valence-electron chi connectivity index (χ2n) is 7.63. The largest absolute Gasteiger partial charge is 0.252 e. The number of aryl methyl sites for hydroxylation is 1. The SMILES string of the molecule is Cc1ccc(S(=O)(=O)N2CC3(C)CC2CC(C)(C)C3)s1. The Labute approximate surface area is 126 Å². The van der Waals surface area contributed by atoms with E-state index in [9.17, 15) is 8.42 Å². The Morgan fingerprint density at radius 1 is 1.25 bits per heavy atom. The van der Waals surface area contributed by atoms with Gasteiger partial charge in [0.15, 0.2) is 0 Å². The van der Waals surface area contributed by atoms with Gasteiger partial charge < -0.3 is 0 Å². The van der Waals surface area contributed by atoms with Crippen LogP contribution in [0.3, 0.4) is 0 Å². The van der Waals surface area contributed by atoms with Crippen molar-refractivity contribution in [3.05, 3.63) is 17.0 Å². The van der Waals surface area contributed by atoms with Crippen LogP contribution in [0.1, 0.15) is 44.9 Å². The molecule has 0 radical (unpaired) electrons. The molecule has 1 aliphatic heterocycles. The zero-order valence-electron chi connectivity index (χ0n) is 12.6. The number of hydrogen-bond donors (Lipinski definition) is 0. The van der Waals surface area contributed by atoms with Crippen LogP contribution >= 0.6 is 11.3 Å². The van der Waals surface area contributed by atoms with Crippen molar-refractivity contribution in [1.29, 1.82) is 0 Å². The van der Waals surface area contributed by atoms with Crippen LogP contribution in [0.25, 0.3) is 0 Å². The Hall–Kier alpha value is -0.390. The van der Waals surface area contributed by atoms with Crippen molar-refractivity contribution in [2.45, 2.75) is 57.2 Å². The molecule has 0 N–H and O–H groups in total. The summed E-state index contributed by atoms with van der Waals surface area (Å²) in [5, 5.41) is 0. The average molecular weight is 313 g/mol. The lowest BCUT2D eigenvalue weighted by Gasteiger charge is -2.39. The van der Waals surface area contributed by atoms with E-state index in [0.717, 1.165) is 24.1 Å². The highest BCUT2D eigenvalue weighted by Crippen LogP contribution is 2.53. The second kappa shape index (κ2) is 4.31. The van der Waals surface area contributed by atoms with E-state index < -0.39 is 10.0 Å². The van der Waals surface area contributed by atoms with Gasteiger partial charge >= 0.3 is 0 Å². The molecule has 2 atom stereocenters. The third-order valence-electron chi connectivity index (χ3n) is 4.65. The zero-order chi connectivity index (χ0) is 14.8. The van der Waals surface area contributed by atoms with Crippen molar-refractivity contribution in [2.24, 2.45) is 10.8 Å². The van der Waals surface area contributed by atoms with Gasteiger partial charge in [0.05, 0.1) is 0 Å². The van der Waals surface area contributed by atoms with Gasteiger partial charge in [-0.1, -0.05) is 20.8 Å². The highest BCUT2D eigenvalue weighted by atomic mass is 32.2. The number of thiophene rings is 1. The summed E-state index contributed by atoms with van der Waals surface area (Å²) in [6.45, 7) is 9.42. The van der Waals surface area contributed by atoms with Crippen molar-refractivity contribution in [3.63, 3.8) is 0 Å². The summed E-state index contributed by atoms with van der Waals surface area (Å²) in [5.74, 6) is 0. The van der Waals surface area contributed by atoms with Crippen molar-refractivity contribution in [2.75, 3.05) is 6.54 Å². The maximum Gasteiger partial charge on any atom is 0.252 e. The first-order chi connectivity index (χ1) is 9.11. The van der Waals surface area contributed by atoms with Crippen molar-refractivity contribution < 1.29 is 8.42 Å². The molecule has 3 nitrogen and oxygen atoms in total. The summed E-state index contributed by atoms with van der Waals surface area (Å²) in [5.41, 5.74) is 0.388. The minimum atomic E-state index is -3.31. The molecule has 2 unspecified atom stereocenters. The molecular formula is C15H23NO2S2. The minimum Gasteiger partial charge on any atom is -0.206 e. The Morgan fingerprint density at radius 3 is 2.55 bits per heavy atom. The molecule has 1 aromatic rings. The van der Waals surface area contributed by atoms with E-state index in [-0.39, 0.29) is 16.9 Å². The molecule has 0 aromatic carbocycles. The van der Waals surface area contributed by atoms with Crippen LogP contribution in [0.4, 0.5) is 0 Å². The smallest absolute Gasteiger partial charge is 0.206 e. The highest BCUT2D eigenvalue weighted by Gasteiger charge is 2.53. The lowest BCUT2D eigenvalue weighted by Crippen LogP contribution is -2.37. The van der Waals surface area contributed by atoms with Crippen molar-refractivity contribution >= 4 is 21.4 Å². The predicted molar refractivity (Wildman–Crippen MR) is 82.5 cm³/mol. The molecule has 1 saturated heterocycles. The summed E-state index contributed by atoms with van der Waals surface area (Å²) < 4.78 is 28.0. The molecule has 0 spiro atoms. The van der Waals surface area contributed by atoms with Gasteiger partial charge in [-0.05, 0) is 49.1 Å². The van der Waals surface area contributed by atoms with E-state index in [1.165, 1.54) is 11.3 Å². The molecule has 2 fully saturated rings. The fraction of sp³-hybridized carbons (Fsp3) is 0.733. The molecule has 3 rings (SSSR count). The third kappa shape index (κ3) is 2.34. The van der Waals surface area contributed by atoms with Crippen molar-refractivity contribution in [3.8, 4) is 0 Å². The van der Waals surface area contributed by atoms with Crippen LogP contribution in [0.15, 0.2) is 16.3 Å². The Balaban J connectivity index is 1.96. The van der Waals surface area contributed by atoms with Gasteiger partial charge in [-0.25, -0.2) is 8.42 Å². The van der Waals surface area contributed by atoms with Gasteiger partial charge in [-0.15, -0.1) is 11.3 Å². The molecule has 0 amide bonds. The van der Waals surface area contributed by atoms with Crippen LogP contribution in [-0.2, 0) is 10.0 Å². The van der Waals surface area contributed by atoms with Crippen LogP contribution in [-0.4, -0.2) is 25.3 Å². The number of fused-ring (bicyclic) bond motifs is 2. The van der Waals surface area contributed by atoms with Crippen LogP contribution in [0, 0.1) is 17.8 Å². The van der Waals surface area contributed by atoms with E-state index in [4.69, 9.17) is 0 Å². The number of nitrogens with zero attached hydrogens (tertiary/aromatic N) is 1. The third-order valence-corrected chi connectivity index (χ3v) is 8.01. The van der Waals surface area contributed by atoms with Crippen LogP contribution in [0.2, 0.25) is 0 Å². The lowest BCUT2D eigenvalue weighted by atomic mass is 9.65. The molecular weight excluding hydrogens is 290 g/mol. The molecule has 1 aliphatic carbocycles.